The van der Waals surface area contributed by atoms with Crippen LogP contribution in [0.3, 0.4) is 0 Å². The van der Waals surface area contributed by atoms with E-state index in [1.165, 1.54) is 17.2 Å². The summed E-state index contributed by atoms with van der Waals surface area (Å²) >= 11 is 1.58. The Morgan fingerprint density at radius 3 is 2.44 bits per heavy atom. The molecule has 0 bridgehead atoms. The van der Waals surface area contributed by atoms with Crippen LogP contribution in [-0.4, -0.2) is 42.7 Å². The van der Waals surface area contributed by atoms with E-state index in [0.717, 1.165) is 4.90 Å². The highest BCUT2D eigenvalue weighted by molar-refractivity contribution is 8.00. The number of carbonyl (C=O) groups is 1. The maximum absolute atomic E-state index is 13.9. The van der Waals surface area contributed by atoms with Gasteiger partial charge in [-0.25, -0.2) is 4.39 Å². The number of piperazine rings is 1. The van der Waals surface area contributed by atoms with E-state index in [0.29, 0.717) is 37.6 Å². The van der Waals surface area contributed by atoms with E-state index >= 15 is 0 Å². The average molecular weight is 358 g/mol. The van der Waals surface area contributed by atoms with Crippen LogP contribution >= 0.6 is 11.8 Å². The van der Waals surface area contributed by atoms with Gasteiger partial charge in [0, 0.05) is 31.1 Å². The summed E-state index contributed by atoms with van der Waals surface area (Å²) in [5.74, 6) is 0.395. The predicted octanol–water partition coefficient (Wildman–Crippen LogP) is 3.88. The third-order valence-electron chi connectivity index (χ3n) is 4.67. The Labute approximate surface area is 152 Å². The number of aryl methyl sites for hydroxylation is 2. The first-order valence-corrected chi connectivity index (χ1v) is 9.50. The Hall–Kier alpha value is -2.01. The minimum absolute atomic E-state index is 0.149. The molecule has 3 nitrogen and oxygen atoms in total. The number of benzene rings is 2. The molecule has 1 aliphatic rings. The van der Waals surface area contributed by atoms with Crippen molar-refractivity contribution in [3.05, 3.63) is 59.4 Å². The maximum Gasteiger partial charge on any atom is 0.233 e. The molecule has 2 aromatic rings. The largest absolute Gasteiger partial charge is 0.366 e. The second-order valence-corrected chi connectivity index (χ2v) is 7.40. The van der Waals surface area contributed by atoms with Gasteiger partial charge in [0.15, 0.2) is 0 Å². The van der Waals surface area contributed by atoms with Crippen LogP contribution in [0.15, 0.2) is 47.4 Å². The van der Waals surface area contributed by atoms with Crippen LogP contribution in [0.5, 0.6) is 0 Å². The molecule has 0 radical (unpaired) electrons. The molecule has 0 atom stereocenters. The summed E-state index contributed by atoms with van der Waals surface area (Å²) < 4.78 is 13.9. The van der Waals surface area contributed by atoms with E-state index in [-0.39, 0.29) is 11.7 Å². The van der Waals surface area contributed by atoms with Gasteiger partial charge in [0.1, 0.15) is 5.82 Å². The van der Waals surface area contributed by atoms with Crippen molar-refractivity contribution in [3.63, 3.8) is 0 Å². The summed E-state index contributed by atoms with van der Waals surface area (Å²) in [6, 6.07) is 13.1. The zero-order chi connectivity index (χ0) is 17.8. The van der Waals surface area contributed by atoms with Gasteiger partial charge < -0.3 is 9.80 Å². The first-order chi connectivity index (χ1) is 12.0. The fourth-order valence-corrected chi connectivity index (χ4v) is 3.84. The lowest BCUT2D eigenvalue weighted by molar-refractivity contribution is -0.128. The number of para-hydroxylation sites is 1. The molecule has 132 valence electrons. The highest BCUT2D eigenvalue weighted by Gasteiger charge is 2.22. The minimum Gasteiger partial charge on any atom is -0.366 e. The summed E-state index contributed by atoms with van der Waals surface area (Å²) in [5.41, 5.74) is 3.13. The number of nitrogens with zero attached hydrogens (tertiary/aromatic N) is 2. The van der Waals surface area contributed by atoms with Crippen LogP contribution in [0, 0.1) is 19.7 Å². The third kappa shape index (κ3) is 4.34. The first-order valence-electron chi connectivity index (χ1n) is 8.52. The van der Waals surface area contributed by atoms with E-state index in [1.807, 2.05) is 15.9 Å². The van der Waals surface area contributed by atoms with Gasteiger partial charge >= 0.3 is 0 Å². The molecule has 0 saturated carbocycles. The van der Waals surface area contributed by atoms with Crippen molar-refractivity contribution in [2.45, 2.75) is 18.7 Å². The van der Waals surface area contributed by atoms with Gasteiger partial charge in [0.05, 0.1) is 11.4 Å². The van der Waals surface area contributed by atoms with Crippen molar-refractivity contribution in [3.8, 4) is 0 Å². The van der Waals surface area contributed by atoms with E-state index in [9.17, 15) is 9.18 Å². The van der Waals surface area contributed by atoms with Crippen molar-refractivity contribution in [2.24, 2.45) is 0 Å². The smallest absolute Gasteiger partial charge is 0.233 e. The van der Waals surface area contributed by atoms with Crippen LogP contribution in [0.2, 0.25) is 0 Å². The molecule has 1 heterocycles. The van der Waals surface area contributed by atoms with Gasteiger partial charge in [-0.3, -0.25) is 4.79 Å². The molecule has 0 N–H and O–H groups in total. The predicted molar refractivity (Wildman–Crippen MR) is 102 cm³/mol. The van der Waals surface area contributed by atoms with Crippen molar-refractivity contribution in [2.75, 3.05) is 36.8 Å². The lowest BCUT2D eigenvalue weighted by atomic mass is 10.1. The van der Waals surface area contributed by atoms with E-state index in [4.69, 9.17) is 0 Å². The molecule has 5 heteroatoms. The Bertz CT molecular complexity index is 757. The fourth-order valence-electron chi connectivity index (χ4n) is 2.94. The quantitative estimate of drug-likeness (QED) is 0.775. The number of hydrogen-bond donors (Lipinski definition) is 0. The summed E-state index contributed by atoms with van der Waals surface area (Å²) in [5, 5.41) is 0. The van der Waals surface area contributed by atoms with Crippen LogP contribution < -0.4 is 4.90 Å². The summed E-state index contributed by atoms with van der Waals surface area (Å²) in [4.78, 5) is 17.5. The van der Waals surface area contributed by atoms with Crippen LogP contribution in [0.4, 0.5) is 10.1 Å². The second-order valence-electron chi connectivity index (χ2n) is 6.35. The first kappa shape index (κ1) is 17.8. The molecular weight excluding hydrogens is 335 g/mol. The molecule has 2 aromatic carbocycles. The lowest BCUT2D eigenvalue weighted by Gasteiger charge is -2.36. The van der Waals surface area contributed by atoms with Crippen molar-refractivity contribution in [1.29, 1.82) is 0 Å². The number of rotatable bonds is 4. The molecule has 25 heavy (non-hydrogen) atoms. The molecule has 1 amide bonds. The zero-order valence-electron chi connectivity index (χ0n) is 14.7. The molecular formula is C20H23FN2OS. The highest BCUT2D eigenvalue weighted by Crippen LogP contribution is 2.23. The van der Waals surface area contributed by atoms with Crippen molar-refractivity contribution >= 4 is 23.4 Å². The zero-order valence-corrected chi connectivity index (χ0v) is 15.5. The Kier molecular flexibility index (Phi) is 5.63. The summed E-state index contributed by atoms with van der Waals surface area (Å²) in [7, 11) is 0. The van der Waals surface area contributed by atoms with Crippen LogP contribution in [0.25, 0.3) is 0 Å². The number of amides is 1. The third-order valence-corrected chi connectivity index (χ3v) is 5.64. The van der Waals surface area contributed by atoms with Gasteiger partial charge in [0.2, 0.25) is 5.91 Å². The molecule has 1 aliphatic heterocycles. The summed E-state index contributed by atoms with van der Waals surface area (Å²) in [6.45, 7) is 6.79. The van der Waals surface area contributed by atoms with Gasteiger partial charge in [-0.1, -0.05) is 18.2 Å². The number of carbonyl (C=O) groups excluding carboxylic acids is 1. The fraction of sp³-hybridized carbons (Fsp3) is 0.350. The number of hydrogen-bond acceptors (Lipinski definition) is 3. The number of halogens is 1. The van der Waals surface area contributed by atoms with Gasteiger partial charge in [-0.05, 0) is 49.2 Å². The monoisotopic (exact) mass is 358 g/mol. The van der Waals surface area contributed by atoms with Crippen molar-refractivity contribution < 1.29 is 9.18 Å². The van der Waals surface area contributed by atoms with E-state index in [1.54, 1.807) is 23.9 Å². The Balaban J connectivity index is 1.51. The molecule has 1 saturated heterocycles. The Morgan fingerprint density at radius 1 is 1.04 bits per heavy atom. The van der Waals surface area contributed by atoms with E-state index in [2.05, 4.69) is 32.0 Å². The van der Waals surface area contributed by atoms with Gasteiger partial charge in [-0.2, -0.15) is 0 Å². The molecule has 0 aromatic heterocycles. The molecule has 1 fully saturated rings. The lowest BCUT2D eigenvalue weighted by Crippen LogP contribution is -2.49. The minimum atomic E-state index is -0.201. The number of thioether (sulfide) groups is 1. The maximum atomic E-state index is 13.9. The average Bonchev–Trinajstić information content (AvgIpc) is 2.63. The summed E-state index contributed by atoms with van der Waals surface area (Å²) in [6.07, 6.45) is 0. The second kappa shape index (κ2) is 7.91. The van der Waals surface area contributed by atoms with Crippen molar-refractivity contribution in [1.82, 2.24) is 4.90 Å². The van der Waals surface area contributed by atoms with Gasteiger partial charge in [-0.15, -0.1) is 11.8 Å². The van der Waals surface area contributed by atoms with Gasteiger partial charge in [0.25, 0.3) is 0 Å². The number of anilines is 1. The standard InChI is InChI=1S/C20H23FN2OS/c1-15-7-8-17(13-16(15)2)25-14-20(24)23-11-9-22(10-12-23)19-6-4-3-5-18(19)21/h3-8,13H,9-12,14H2,1-2H3. The molecule has 0 aliphatic carbocycles. The highest BCUT2D eigenvalue weighted by atomic mass is 32.2. The normalized spacial score (nSPS) is 14.7. The topological polar surface area (TPSA) is 23.6 Å². The Morgan fingerprint density at radius 2 is 1.76 bits per heavy atom. The van der Waals surface area contributed by atoms with Crippen LogP contribution in [-0.2, 0) is 4.79 Å². The molecule has 3 rings (SSSR count). The molecule has 0 spiro atoms. The SMILES string of the molecule is Cc1ccc(SCC(=O)N2CCN(c3ccccc3F)CC2)cc1C. The molecule has 0 unspecified atom stereocenters. The van der Waals surface area contributed by atoms with Crippen LogP contribution in [0.1, 0.15) is 11.1 Å². The van der Waals surface area contributed by atoms with E-state index < -0.39 is 0 Å².